The van der Waals surface area contributed by atoms with Crippen molar-refractivity contribution in [3.05, 3.63) is 63.1 Å². The third kappa shape index (κ3) is 6.77. The highest BCUT2D eigenvalue weighted by atomic mass is 35.5. The molecule has 4 rings (SSSR count). The maximum atomic E-state index is 12.8. The lowest BCUT2D eigenvalue weighted by atomic mass is 10.2. The molecule has 0 unspecified atom stereocenters. The van der Waals surface area contributed by atoms with E-state index in [1.54, 1.807) is 36.4 Å². The lowest BCUT2D eigenvalue weighted by Crippen LogP contribution is -2.33. The van der Waals surface area contributed by atoms with Crippen LogP contribution in [0.3, 0.4) is 0 Å². The van der Waals surface area contributed by atoms with E-state index >= 15 is 0 Å². The molecule has 0 spiro atoms. The zero-order valence-corrected chi connectivity index (χ0v) is 21.1. The molecule has 2 aromatic rings. The van der Waals surface area contributed by atoms with Crippen LogP contribution in [0.4, 0.5) is 4.79 Å². The Balaban J connectivity index is 0.000000302. The highest BCUT2D eigenvalue weighted by Gasteiger charge is 2.44. The van der Waals surface area contributed by atoms with Crippen LogP contribution in [0.1, 0.15) is 37.7 Å². The smallest absolute Gasteiger partial charge is 0.405 e. The van der Waals surface area contributed by atoms with Gasteiger partial charge < -0.3 is 15.2 Å². The first-order valence-corrected chi connectivity index (χ1v) is 13.2. The summed E-state index contributed by atoms with van der Waals surface area (Å²) in [6.07, 6.45) is 1.82. The normalized spacial score (nSPS) is 20.5. The monoisotopic (exact) mass is 544 g/mol. The van der Waals surface area contributed by atoms with Crippen LogP contribution in [-0.4, -0.2) is 36.5 Å². The molecule has 2 saturated carbocycles. The fraction of sp³-hybridized carbons (Fsp3) is 0.391. The summed E-state index contributed by atoms with van der Waals surface area (Å²) in [4.78, 5) is 10.2. The van der Waals surface area contributed by atoms with E-state index in [1.165, 1.54) is 0 Å². The summed E-state index contributed by atoms with van der Waals surface area (Å²) in [5.74, 6) is 0. The molecule has 2 N–H and O–H groups in total. The van der Waals surface area contributed by atoms with Crippen LogP contribution in [0.15, 0.2) is 47.4 Å². The maximum Gasteiger partial charge on any atom is 0.405 e. The van der Waals surface area contributed by atoms with Gasteiger partial charge in [-0.25, -0.2) is 13.2 Å². The Labute approximate surface area is 213 Å². The summed E-state index contributed by atoms with van der Waals surface area (Å²) in [5.41, 5.74) is 0.179. The lowest BCUT2D eigenvalue weighted by Gasteiger charge is -2.14. The van der Waals surface area contributed by atoms with Crippen LogP contribution in [0.2, 0.25) is 15.1 Å². The van der Waals surface area contributed by atoms with E-state index in [9.17, 15) is 13.2 Å². The minimum absolute atomic E-state index is 0.100. The largest absolute Gasteiger partial charge is 0.465 e. The second-order valence-electron chi connectivity index (χ2n) is 8.22. The Bertz CT molecular complexity index is 1200. The van der Waals surface area contributed by atoms with E-state index < -0.39 is 26.7 Å². The van der Waals surface area contributed by atoms with E-state index in [-0.39, 0.29) is 16.0 Å². The number of amides is 1. The third-order valence-electron chi connectivity index (χ3n) is 5.70. The number of hydrogen-bond acceptors (Lipinski definition) is 5. The van der Waals surface area contributed by atoms with Crippen LogP contribution in [0, 0.1) is 11.3 Å². The minimum atomic E-state index is -3.45. The SMILES string of the molecule is N#CC1(NC(=O)O)CC1.O=S(=O)(c1ccccc1Cl)[C@H]1CC[C@H](OCc2ccc(Cl)c(Cl)c2)C1. The van der Waals surface area contributed by atoms with Crippen LogP contribution in [0.5, 0.6) is 0 Å². The molecule has 34 heavy (non-hydrogen) atoms. The number of rotatable bonds is 6. The highest BCUT2D eigenvalue weighted by molar-refractivity contribution is 7.92. The molecule has 2 aromatic carbocycles. The number of nitriles is 1. The first-order valence-electron chi connectivity index (χ1n) is 10.5. The molecule has 1 amide bonds. The summed E-state index contributed by atoms with van der Waals surface area (Å²) in [7, 11) is -3.45. The van der Waals surface area contributed by atoms with Gasteiger partial charge >= 0.3 is 6.09 Å². The first kappa shape index (κ1) is 26.6. The van der Waals surface area contributed by atoms with Gasteiger partial charge in [-0.2, -0.15) is 5.26 Å². The van der Waals surface area contributed by atoms with Crippen LogP contribution in [0.25, 0.3) is 0 Å². The molecule has 182 valence electrons. The minimum Gasteiger partial charge on any atom is -0.465 e. The van der Waals surface area contributed by atoms with Gasteiger partial charge in [0.2, 0.25) is 0 Å². The zero-order chi connectivity index (χ0) is 24.9. The average Bonchev–Trinajstić information content (AvgIpc) is 3.38. The van der Waals surface area contributed by atoms with Crippen LogP contribution < -0.4 is 5.32 Å². The molecule has 0 heterocycles. The number of hydrogen-bond donors (Lipinski definition) is 2. The van der Waals surface area contributed by atoms with Crippen LogP contribution in [-0.2, 0) is 21.2 Å². The molecule has 2 aliphatic rings. The topological polar surface area (TPSA) is 116 Å². The Morgan fingerprint density at radius 2 is 1.82 bits per heavy atom. The number of carboxylic acid groups (broad SMARTS) is 1. The maximum absolute atomic E-state index is 12.8. The standard InChI is InChI=1S/C18H17Cl3O3S.C5H6N2O2/c19-15-8-5-12(9-17(15)21)11-24-13-6-7-14(10-13)25(22,23)18-4-2-1-3-16(18)20;6-3-5(1-2-5)7-4(8)9/h1-5,8-9,13-14H,6-7,10-11H2;7H,1-2H2,(H,8,9)/t13-,14-;/m0./s1. The van der Waals surface area contributed by atoms with E-state index in [4.69, 9.17) is 49.9 Å². The van der Waals surface area contributed by atoms with Gasteiger partial charge in [-0.3, -0.25) is 0 Å². The number of nitrogens with zero attached hydrogens (tertiary/aromatic N) is 1. The van der Waals surface area contributed by atoms with Gasteiger partial charge in [0.1, 0.15) is 5.54 Å². The van der Waals surface area contributed by atoms with Gasteiger partial charge in [-0.1, -0.05) is 53.0 Å². The molecule has 2 atom stereocenters. The average molecular weight is 546 g/mol. The second-order valence-corrected chi connectivity index (χ2v) is 11.6. The Hall–Kier alpha value is -2.02. The van der Waals surface area contributed by atoms with Crippen molar-refractivity contribution in [1.82, 2.24) is 5.32 Å². The molecule has 2 aliphatic carbocycles. The molecular weight excluding hydrogens is 523 g/mol. The summed E-state index contributed by atoms with van der Waals surface area (Å²) in [6, 6.07) is 13.8. The number of sulfone groups is 1. The predicted molar refractivity (Wildman–Crippen MR) is 130 cm³/mol. The molecule has 0 radical (unpaired) electrons. The van der Waals surface area contributed by atoms with Crippen molar-refractivity contribution in [3.8, 4) is 6.07 Å². The highest BCUT2D eigenvalue weighted by Crippen LogP contribution is 2.35. The predicted octanol–water partition coefficient (Wildman–Crippen LogP) is 5.87. The molecule has 0 aliphatic heterocycles. The lowest BCUT2D eigenvalue weighted by molar-refractivity contribution is 0.0458. The summed E-state index contributed by atoms with van der Waals surface area (Å²) in [6.45, 7) is 0.375. The number of carbonyl (C=O) groups is 1. The Morgan fingerprint density at radius 3 is 2.38 bits per heavy atom. The number of ether oxygens (including phenoxy) is 1. The second kappa shape index (κ2) is 11.1. The van der Waals surface area contributed by atoms with Crippen molar-refractivity contribution < 1.29 is 23.1 Å². The molecule has 2 fully saturated rings. The molecular formula is C23H23Cl3N2O5S. The quantitative estimate of drug-likeness (QED) is 0.469. The van der Waals surface area contributed by atoms with Gasteiger partial charge in [-0.05, 0) is 61.9 Å². The van der Waals surface area contributed by atoms with Crippen molar-refractivity contribution in [1.29, 1.82) is 5.26 Å². The molecule has 0 aromatic heterocycles. The van der Waals surface area contributed by atoms with Gasteiger partial charge in [0.25, 0.3) is 0 Å². The summed E-state index contributed by atoms with van der Waals surface area (Å²) in [5, 5.41) is 19.4. The first-order chi connectivity index (χ1) is 16.1. The Morgan fingerprint density at radius 1 is 1.12 bits per heavy atom. The van der Waals surface area contributed by atoms with E-state index in [0.717, 1.165) is 5.56 Å². The molecule has 7 nitrogen and oxygen atoms in total. The fourth-order valence-electron chi connectivity index (χ4n) is 3.63. The van der Waals surface area contributed by atoms with Gasteiger partial charge in [0, 0.05) is 0 Å². The van der Waals surface area contributed by atoms with Crippen molar-refractivity contribution in [2.45, 2.75) is 60.5 Å². The Kier molecular flexibility index (Phi) is 8.72. The van der Waals surface area contributed by atoms with Crippen LogP contribution >= 0.6 is 34.8 Å². The van der Waals surface area contributed by atoms with Gasteiger partial charge in [-0.15, -0.1) is 0 Å². The zero-order valence-electron chi connectivity index (χ0n) is 18.0. The molecule has 0 bridgehead atoms. The van der Waals surface area contributed by atoms with Gasteiger partial charge in [0.15, 0.2) is 9.84 Å². The van der Waals surface area contributed by atoms with Crippen molar-refractivity contribution in [2.24, 2.45) is 0 Å². The fourth-order valence-corrected chi connectivity index (χ4v) is 6.29. The number of benzene rings is 2. The van der Waals surface area contributed by atoms with Crippen molar-refractivity contribution in [3.63, 3.8) is 0 Å². The number of nitrogens with one attached hydrogen (secondary N) is 1. The summed E-state index contributed by atoms with van der Waals surface area (Å²) < 4.78 is 31.4. The molecule has 11 heteroatoms. The van der Waals surface area contributed by atoms with E-state index in [0.29, 0.717) is 48.8 Å². The van der Waals surface area contributed by atoms with Gasteiger partial charge in [0.05, 0.1) is 44.0 Å². The van der Waals surface area contributed by atoms with Crippen molar-refractivity contribution in [2.75, 3.05) is 0 Å². The molecule has 0 saturated heterocycles. The van der Waals surface area contributed by atoms with E-state index in [1.807, 2.05) is 12.1 Å². The third-order valence-corrected chi connectivity index (χ3v) is 9.15. The number of halogens is 3. The van der Waals surface area contributed by atoms with Crippen molar-refractivity contribution >= 4 is 50.7 Å². The van der Waals surface area contributed by atoms with E-state index in [2.05, 4.69) is 5.32 Å². The summed E-state index contributed by atoms with van der Waals surface area (Å²) >= 11 is 18.0.